The Bertz CT molecular complexity index is 851. The van der Waals surface area contributed by atoms with Gasteiger partial charge >= 0.3 is 0 Å². The van der Waals surface area contributed by atoms with Crippen molar-refractivity contribution < 1.29 is 9.53 Å². The summed E-state index contributed by atoms with van der Waals surface area (Å²) in [5, 5.41) is 1.96. The van der Waals surface area contributed by atoms with E-state index in [4.69, 9.17) is 4.74 Å². The SMILES string of the molecule is O=C(c1ccc(OCc2cscn2)cc1)N1CCCC1c1ccncc1. The fourth-order valence-corrected chi connectivity index (χ4v) is 3.81. The second kappa shape index (κ2) is 7.66. The third kappa shape index (κ3) is 3.60. The van der Waals surface area contributed by atoms with Gasteiger partial charge in [-0.05, 0) is 54.8 Å². The average molecular weight is 365 g/mol. The number of benzene rings is 1. The van der Waals surface area contributed by atoms with Gasteiger partial charge in [-0.25, -0.2) is 4.98 Å². The molecule has 1 aliphatic rings. The van der Waals surface area contributed by atoms with Gasteiger partial charge in [-0.1, -0.05) is 0 Å². The summed E-state index contributed by atoms with van der Waals surface area (Å²) >= 11 is 1.55. The smallest absolute Gasteiger partial charge is 0.254 e. The van der Waals surface area contributed by atoms with E-state index in [-0.39, 0.29) is 11.9 Å². The van der Waals surface area contributed by atoms with Gasteiger partial charge in [-0.2, -0.15) is 0 Å². The van der Waals surface area contributed by atoms with Crippen LogP contribution in [0.15, 0.2) is 59.7 Å². The van der Waals surface area contributed by atoms with E-state index in [1.807, 2.05) is 46.7 Å². The molecule has 2 aromatic heterocycles. The molecule has 1 unspecified atom stereocenters. The fourth-order valence-electron chi connectivity index (χ4n) is 3.27. The number of carbonyl (C=O) groups excluding carboxylic acids is 1. The number of thiazole rings is 1. The highest BCUT2D eigenvalue weighted by atomic mass is 32.1. The first kappa shape index (κ1) is 16.7. The third-order valence-corrected chi connectivity index (χ3v) is 5.21. The van der Waals surface area contributed by atoms with Gasteiger partial charge in [0.05, 0.1) is 17.2 Å². The van der Waals surface area contributed by atoms with Gasteiger partial charge in [0, 0.05) is 29.9 Å². The number of rotatable bonds is 5. The standard InChI is InChI=1S/C20H19N3O2S/c24-20(23-11-1-2-19(23)15-7-9-21-10-8-15)16-3-5-18(6-4-16)25-12-17-13-26-14-22-17/h3-10,13-14,19H,1-2,11-12H2. The van der Waals surface area contributed by atoms with Crippen molar-refractivity contribution in [3.8, 4) is 5.75 Å². The lowest BCUT2D eigenvalue weighted by Gasteiger charge is -2.25. The van der Waals surface area contributed by atoms with Crippen LogP contribution < -0.4 is 4.74 Å². The van der Waals surface area contributed by atoms with Crippen LogP contribution in [0.5, 0.6) is 5.75 Å². The van der Waals surface area contributed by atoms with E-state index in [9.17, 15) is 4.79 Å². The molecule has 1 saturated heterocycles. The van der Waals surface area contributed by atoms with Crippen molar-refractivity contribution in [3.05, 3.63) is 76.5 Å². The van der Waals surface area contributed by atoms with Crippen LogP contribution in [-0.2, 0) is 6.61 Å². The van der Waals surface area contributed by atoms with Gasteiger partial charge in [-0.3, -0.25) is 9.78 Å². The van der Waals surface area contributed by atoms with E-state index in [0.29, 0.717) is 12.2 Å². The largest absolute Gasteiger partial charge is 0.487 e. The number of amides is 1. The van der Waals surface area contributed by atoms with Crippen LogP contribution in [0.3, 0.4) is 0 Å². The molecule has 0 aliphatic carbocycles. The highest BCUT2D eigenvalue weighted by molar-refractivity contribution is 7.07. The summed E-state index contributed by atoms with van der Waals surface area (Å²) in [4.78, 5) is 23.2. The lowest BCUT2D eigenvalue weighted by molar-refractivity contribution is 0.0735. The molecule has 3 heterocycles. The van der Waals surface area contributed by atoms with E-state index in [2.05, 4.69) is 9.97 Å². The molecule has 1 aliphatic heterocycles. The third-order valence-electron chi connectivity index (χ3n) is 4.58. The quantitative estimate of drug-likeness (QED) is 0.683. The van der Waals surface area contributed by atoms with E-state index in [0.717, 1.165) is 36.4 Å². The summed E-state index contributed by atoms with van der Waals surface area (Å²) in [5.74, 6) is 0.803. The number of ether oxygens (including phenoxy) is 1. The van der Waals surface area contributed by atoms with E-state index < -0.39 is 0 Å². The highest BCUT2D eigenvalue weighted by Gasteiger charge is 2.30. The van der Waals surface area contributed by atoms with Gasteiger partial charge in [0.25, 0.3) is 5.91 Å². The Kier molecular flexibility index (Phi) is 4.93. The zero-order valence-corrected chi connectivity index (χ0v) is 15.1. The number of likely N-dealkylation sites (tertiary alicyclic amines) is 1. The van der Waals surface area contributed by atoms with E-state index >= 15 is 0 Å². The molecule has 1 amide bonds. The molecule has 0 saturated carbocycles. The maximum absolute atomic E-state index is 12.9. The number of hydrogen-bond acceptors (Lipinski definition) is 5. The van der Waals surface area contributed by atoms with Gasteiger partial charge < -0.3 is 9.64 Å². The Hall–Kier alpha value is -2.73. The molecule has 0 radical (unpaired) electrons. The average Bonchev–Trinajstić information content (AvgIpc) is 3.39. The predicted molar refractivity (Wildman–Crippen MR) is 100 cm³/mol. The Balaban J connectivity index is 1.44. The Morgan fingerprint density at radius 3 is 2.73 bits per heavy atom. The molecule has 132 valence electrons. The van der Waals surface area contributed by atoms with Crippen LogP contribution in [0.4, 0.5) is 0 Å². The fraction of sp³-hybridized carbons (Fsp3) is 0.250. The van der Waals surface area contributed by atoms with Crippen molar-refractivity contribution in [2.45, 2.75) is 25.5 Å². The summed E-state index contributed by atoms with van der Waals surface area (Å²) < 4.78 is 5.71. The van der Waals surface area contributed by atoms with Crippen molar-refractivity contribution in [2.75, 3.05) is 6.54 Å². The number of hydrogen-bond donors (Lipinski definition) is 0. The number of carbonyl (C=O) groups is 1. The first-order valence-corrected chi connectivity index (χ1v) is 9.56. The molecular weight excluding hydrogens is 346 g/mol. The van der Waals surface area contributed by atoms with Crippen LogP contribution in [-0.4, -0.2) is 27.3 Å². The summed E-state index contributed by atoms with van der Waals surface area (Å²) in [6, 6.07) is 11.5. The predicted octanol–water partition coefficient (Wildman–Crippen LogP) is 4.09. The first-order chi connectivity index (χ1) is 12.8. The van der Waals surface area contributed by atoms with Gasteiger partial charge in [0.1, 0.15) is 12.4 Å². The monoisotopic (exact) mass is 365 g/mol. The van der Waals surface area contributed by atoms with Crippen LogP contribution in [0.25, 0.3) is 0 Å². The minimum atomic E-state index is 0.0652. The lowest BCUT2D eigenvalue weighted by Crippen LogP contribution is -2.30. The molecule has 1 atom stereocenters. The summed E-state index contributed by atoms with van der Waals surface area (Å²) in [6.07, 6.45) is 5.58. The molecule has 0 N–H and O–H groups in total. The molecule has 26 heavy (non-hydrogen) atoms. The van der Waals surface area contributed by atoms with Crippen LogP contribution in [0, 0.1) is 0 Å². The molecular formula is C20H19N3O2S. The maximum Gasteiger partial charge on any atom is 0.254 e. The van der Waals surface area contributed by atoms with Crippen LogP contribution in [0.2, 0.25) is 0 Å². The molecule has 0 bridgehead atoms. The number of aromatic nitrogens is 2. The summed E-state index contributed by atoms with van der Waals surface area (Å²) in [6.45, 7) is 1.22. The van der Waals surface area contributed by atoms with Crippen molar-refractivity contribution in [2.24, 2.45) is 0 Å². The Morgan fingerprint density at radius 1 is 1.19 bits per heavy atom. The van der Waals surface area contributed by atoms with E-state index in [1.54, 1.807) is 29.2 Å². The molecule has 1 aromatic carbocycles. The second-order valence-corrected chi connectivity index (χ2v) is 6.95. The van der Waals surface area contributed by atoms with Crippen molar-refractivity contribution in [3.63, 3.8) is 0 Å². The Labute approximate surface area is 156 Å². The number of pyridine rings is 1. The van der Waals surface area contributed by atoms with Gasteiger partial charge in [-0.15, -0.1) is 11.3 Å². The lowest BCUT2D eigenvalue weighted by atomic mass is 10.1. The van der Waals surface area contributed by atoms with E-state index in [1.165, 1.54) is 0 Å². The second-order valence-electron chi connectivity index (χ2n) is 6.23. The summed E-state index contributed by atoms with van der Waals surface area (Å²) in [7, 11) is 0. The van der Waals surface area contributed by atoms with Gasteiger partial charge in [0.2, 0.25) is 0 Å². The molecule has 0 spiro atoms. The summed E-state index contributed by atoms with van der Waals surface area (Å²) in [5.41, 5.74) is 4.53. The normalized spacial score (nSPS) is 16.6. The maximum atomic E-state index is 12.9. The Morgan fingerprint density at radius 2 is 2.00 bits per heavy atom. The zero-order valence-electron chi connectivity index (χ0n) is 14.2. The van der Waals surface area contributed by atoms with Gasteiger partial charge in [0.15, 0.2) is 0 Å². The molecule has 3 aromatic rings. The van der Waals surface area contributed by atoms with Crippen LogP contribution >= 0.6 is 11.3 Å². The van der Waals surface area contributed by atoms with Crippen LogP contribution in [0.1, 0.15) is 40.5 Å². The topological polar surface area (TPSA) is 55.3 Å². The van der Waals surface area contributed by atoms with Crippen molar-refractivity contribution >= 4 is 17.2 Å². The molecule has 4 rings (SSSR count). The highest BCUT2D eigenvalue weighted by Crippen LogP contribution is 2.33. The molecule has 1 fully saturated rings. The number of nitrogens with zero attached hydrogens (tertiary/aromatic N) is 3. The van der Waals surface area contributed by atoms with Crippen molar-refractivity contribution in [1.82, 2.24) is 14.9 Å². The minimum absolute atomic E-state index is 0.0652. The zero-order chi connectivity index (χ0) is 17.8. The van der Waals surface area contributed by atoms with Crippen molar-refractivity contribution in [1.29, 1.82) is 0 Å². The first-order valence-electron chi connectivity index (χ1n) is 8.62. The molecule has 6 heteroatoms. The molecule has 5 nitrogen and oxygen atoms in total. The minimum Gasteiger partial charge on any atom is -0.487 e.